The number of fused-ring (bicyclic) bond motifs is 1. The van der Waals surface area contributed by atoms with E-state index in [1.54, 1.807) is 0 Å². The molecule has 1 fully saturated rings. The molecule has 0 spiro atoms. The highest BCUT2D eigenvalue weighted by Gasteiger charge is 2.30. The average molecular weight is 349 g/mol. The maximum atomic E-state index is 12.7. The number of hydrogen-bond donors (Lipinski definition) is 1. The summed E-state index contributed by atoms with van der Waals surface area (Å²) in [5.74, 6) is -0.147. The van der Waals surface area contributed by atoms with Crippen molar-refractivity contribution in [2.24, 2.45) is 0 Å². The molecular weight excluding hydrogens is 326 g/mol. The summed E-state index contributed by atoms with van der Waals surface area (Å²) in [5, 5.41) is 1.12. The number of amides is 1. The third-order valence-corrected chi connectivity index (χ3v) is 5.92. The summed E-state index contributed by atoms with van der Waals surface area (Å²) in [4.78, 5) is 17.9. The summed E-state index contributed by atoms with van der Waals surface area (Å²) in [5.41, 5.74) is 2.07. The second kappa shape index (κ2) is 6.57. The predicted octanol–water partition coefficient (Wildman–Crippen LogP) is 2.11. The molecule has 0 aliphatic carbocycles. The standard InChI is InChI=1S/C17H23N3O3S/c1-19(24(2,22)23)12-17(21)20-10-6-5-9-16(20)15-11-13-7-3-4-8-14(13)18-15/h3-4,7-8,11,16,18H,5-6,9-10,12H2,1-2H3/t16-/m0/s1. The first-order chi connectivity index (χ1) is 11.4. The molecule has 130 valence electrons. The van der Waals surface area contributed by atoms with Crippen molar-refractivity contribution in [2.45, 2.75) is 25.3 Å². The Balaban J connectivity index is 1.84. The van der Waals surface area contributed by atoms with Gasteiger partial charge in [-0.2, -0.15) is 4.31 Å². The fourth-order valence-corrected chi connectivity index (χ4v) is 3.57. The smallest absolute Gasteiger partial charge is 0.238 e. The lowest BCUT2D eigenvalue weighted by Crippen LogP contribution is -2.44. The van der Waals surface area contributed by atoms with Crippen molar-refractivity contribution in [2.75, 3.05) is 26.4 Å². The van der Waals surface area contributed by atoms with Gasteiger partial charge in [-0.1, -0.05) is 18.2 Å². The second-order valence-electron chi connectivity index (χ2n) is 6.43. The first kappa shape index (κ1) is 17.0. The van der Waals surface area contributed by atoms with Crippen molar-refractivity contribution in [1.82, 2.24) is 14.2 Å². The van der Waals surface area contributed by atoms with Crippen LogP contribution in [-0.2, 0) is 14.8 Å². The molecule has 0 saturated carbocycles. The van der Waals surface area contributed by atoms with Crippen molar-refractivity contribution in [3.63, 3.8) is 0 Å². The van der Waals surface area contributed by atoms with Crippen LogP contribution >= 0.6 is 0 Å². The number of para-hydroxylation sites is 1. The van der Waals surface area contributed by atoms with Crippen molar-refractivity contribution >= 4 is 26.8 Å². The molecule has 1 aromatic heterocycles. The largest absolute Gasteiger partial charge is 0.357 e. The van der Waals surface area contributed by atoms with E-state index in [-0.39, 0.29) is 18.5 Å². The number of piperidine rings is 1. The van der Waals surface area contributed by atoms with Gasteiger partial charge in [0.1, 0.15) is 0 Å². The number of aromatic nitrogens is 1. The number of rotatable bonds is 4. The Bertz CT molecular complexity index is 811. The van der Waals surface area contributed by atoms with Crippen molar-refractivity contribution < 1.29 is 13.2 Å². The van der Waals surface area contributed by atoms with Gasteiger partial charge in [-0.25, -0.2) is 8.42 Å². The predicted molar refractivity (Wildman–Crippen MR) is 94.1 cm³/mol. The van der Waals surface area contributed by atoms with E-state index in [0.29, 0.717) is 6.54 Å². The Labute approximate surface area is 142 Å². The van der Waals surface area contributed by atoms with Crippen LogP contribution in [0.25, 0.3) is 10.9 Å². The van der Waals surface area contributed by atoms with E-state index in [4.69, 9.17) is 0 Å². The van der Waals surface area contributed by atoms with Crippen LogP contribution in [0.1, 0.15) is 31.0 Å². The molecule has 1 aliphatic rings. The molecule has 1 aliphatic heterocycles. The number of sulfonamides is 1. The maximum absolute atomic E-state index is 12.7. The number of nitrogens with one attached hydrogen (secondary N) is 1. The Kier molecular flexibility index (Phi) is 4.64. The molecule has 2 aromatic rings. The van der Waals surface area contributed by atoms with Gasteiger partial charge in [0.25, 0.3) is 0 Å². The summed E-state index contributed by atoms with van der Waals surface area (Å²) in [6.45, 7) is 0.548. The minimum absolute atomic E-state index is 0.0217. The molecule has 1 N–H and O–H groups in total. The van der Waals surface area contributed by atoms with Gasteiger partial charge >= 0.3 is 0 Å². The molecule has 3 rings (SSSR count). The van der Waals surface area contributed by atoms with E-state index in [9.17, 15) is 13.2 Å². The number of likely N-dealkylation sites (tertiary alicyclic amines) is 1. The highest BCUT2D eigenvalue weighted by molar-refractivity contribution is 7.88. The number of carbonyl (C=O) groups excluding carboxylic acids is 1. The highest BCUT2D eigenvalue weighted by Crippen LogP contribution is 2.32. The van der Waals surface area contributed by atoms with E-state index in [0.717, 1.165) is 46.4 Å². The van der Waals surface area contributed by atoms with Gasteiger partial charge in [0.2, 0.25) is 15.9 Å². The van der Waals surface area contributed by atoms with Crippen LogP contribution in [0.2, 0.25) is 0 Å². The van der Waals surface area contributed by atoms with Crippen molar-refractivity contribution in [3.8, 4) is 0 Å². The zero-order valence-corrected chi connectivity index (χ0v) is 14.8. The normalized spacial score (nSPS) is 19.1. The van der Waals surface area contributed by atoms with Crippen LogP contribution in [-0.4, -0.2) is 54.9 Å². The fraction of sp³-hybridized carbons (Fsp3) is 0.471. The molecule has 0 radical (unpaired) electrons. The maximum Gasteiger partial charge on any atom is 0.238 e. The molecule has 2 heterocycles. The van der Waals surface area contributed by atoms with Gasteiger partial charge in [0, 0.05) is 24.8 Å². The second-order valence-corrected chi connectivity index (χ2v) is 8.52. The van der Waals surface area contributed by atoms with Gasteiger partial charge in [0.15, 0.2) is 0 Å². The van der Waals surface area contributed by atoms with Crippen LogP contribution < -0.4 is 0 Å². The first-order valence-corrected chi connectivity index (χ1v) is 9.99. The molecule has 24 heavy (non-hydrogen) atoms. The van der Waals surface area contributed by atoms with Gasteiger partial charge < -0.3 is 9.88 Å². The molecule has 0 unspecified atom stereocenters. The lowest BCUT2D eigenvalue weighted by molar-refractivity contribution is -0.135. The lowest BCUT2D eigenvalue weighted by Gasteiger charge is -2.36. The molecule has 7 heteroatoms. The minimum Gasteiger partial charge on any atom is -0.357 e. The van der Waals surface area contributed by atoms with Crippen LogP contribution in [0.3, 0.4) is 0 Å². The summed E-state index contributed by atoms with van der Waals surface area (Å²) < 4.78 is 24.2. The van der Waals surface area contributed by atoms with Crippen LogP contribution in [0.4, 0.5) is 0 Å². The summed E-state index contributed by atoms with van der Waals surface area (Å²) in [6, 6.07) is 10.1. The van der Waals surface area contributed by atoms with Gasteiger partial charge in [0.05, 0.1) is 18.8 Å². The Morgan fingerprint density at radius 3 is 2.79 bits per heavy atom. The molecule has 0 bridgehead atoms. The number of hydrogen-bond acceptors (Lipinski definition) is 3. The minimum atomic E-state index is -3.36. The van der Waals surface area contributed by atoms with Gasteiger partial charge in [-0.15, -0.1) is 0 Å². The van der Waals surface area contributed by atoms with E-state index in [1.165, 1.54) is 7.05 Å². The first-order valence-electron chi connectivity index (χ1n) is 8.14. The average Bonchev–Trinajstić information content (AvgIpc) is 2.97. The highest BCUT2D eigenvalue weighted by atomic mass is 32.2. The zero-order chi connectivity index (χ0) is 17.3. The Hall–Kier alpha value is -1.86. The van der Waals surface area contributed by atoms with E-state index in [1.807, 2.05) is 29.2 Å². The SMILES string of the molecule is CN(CC(=O)N1CCCC[C@H]1c1cc2ccccc2[nH]1)S(C)(=O)=O. The molecule has 1 saturated heterocycles. The van der Waals surface area contributed by atoms with Crippen LogP contribution in [0.5, 0.6) is 0 Å². The van der Waals surface area contributed by atoms with E-state index in [2.05, 4.69) is 11.1 Å². The van der Waals surface area contributed by atoms with Crippen LogP contribution in [0, 0.1) is 0 Å². The van der Waals surface area contributed by atoms with E-state index >= 15 is 0 Å². The summed E-state index contributed by atoms with van der Waals surface area (Å²) in [6.07, 6.45) is 4.02. The Morgan fingerprint density at radius 2 is 2.08 bits per heavy atom. The third-order valence-electron chi connectivity index (χ3n) is 4.66. The van der Waals surface area contributed by atoms with Crippen LogP contribution in [0.15, 0.2) is 30.3 Å². The van der Waals surface area contributed by atoms with Crippen molar-refractivity contribution in [1.29, 1.82) is 0 Å². The number of H-pyrrole nitrogens is 1. The number of likely N-dealkylation sites (N-methyl/N-ethyl adjacent to an activating group) is 1. The number of carbonyl (C=O) groups is 1. The topological polar surface area (TPSA) is 73.5 Å². The monoisotopic (exact) mass is 349 g/mol. The summed E-state index contributed by atoms with van der Waals surface area (Å²) >= 11 is 0. The number of aromatic amines is 1. The third kappa shape index (κ3) is 3.47. The Morgan fingerprint density at radius 1 is 1.33 bits per heavy atom. The fourth-order valence-electron chi connectivity index (χ4n) is 3.23. The van der Waals surface area contributed by atoms with E-state index < -0.39 is 10.0 Å². The molecule has 1 aromatic carbocycles. The summed E-state index contributed by atoms with van der Waals surface area (Å²) in [7, 11) is -1.92. The van der Waals surface area contributed by atoms with Gasteiger partial charge in [-0.3, -0.25) is 4.79 Å². The quantitative estimate of drug-likeness (QED) is 0.919. The zero-order valence-electron chi connectivity index (χ0n) is 14.0. The van der Waals surface area contributed by atoms with Crippen molar-refractivity contribution in [3.05, 3.63) is 36.0 Å². The molecule has 6 nitrogen and oxygen atoms in total. The molecule has 1 atom stereocenters. The molecule has 1 amide bonds. The molecular formula is C17H23N3O3S. The number of benzene rings is 1. The number of nitrogens with zero attached hydrogens (tertiary/aromatic N) is 2. The van der Waals surface area contributed by atoms with Gasteiger partial charge in [-0.05, 0) is 36.8 Å². The lowest BCUT2D eigenvalue weighted by atomic mass is 9.99.